The summed E-state index contributed by atoms with van der Waals surface area (Å²) in [6.07, 6.45) is 0. The quantitative estimate of drug-likeness (QED) is 0.658. The molecule has 104 valence electrons. The Morgan fingerprint density at radius 2 is 2.16 bits per heavy atom. The van der Waals surface area contributed by atoms with E-state index in [1.807, 2.05) is 36.9 Å². The Morgan fingerprint density at radius 3 is 2.89 bits per heavy atom. The van der Waals surface area contributed by atoms with Gasteiger partial charge in [-0.1, -0.05) is 11.6 Å². The summed E-state index contributed by atoms with van der Waals surface area (Å²) >= 11 is 11.3. The maximum absolute atomic E-state index is 6.02. The Balaban J connectivity index is 2.02. The molecule has 0 atom stereocenters. The van der Waals surface area contributed by atoms with Crippen LogP contribution in [0, 0.1) is 4.77 Å². The van der Waals surface area contributed by atoms with E-state index in [0.29, 0.717) is 16.4 Å². The molecule has 0 saturated carbocycles. The van der Waals surface area contributed by atoms with E-state index in [1.54, 1.807) is 0 Å². The highest BCUT2D eigenvalue weighted by Gasteiger charge is 2.04. The van der Waals surface area contributed by atoms with E-state index >= 15 is 0 Å². The minimum absolute atomic E-state index is 0.640. The van der Waals surface area contributed by atoms with Crippen LogP contribution in [0.1, 0.15) is 0 Å². The van der Waals surface area contributed by atoms with Gasteiger partial charge in [0, 0.05) is 18.1 Å². The van der Waals surface area contributed by atoms with Crippen LogP contribution in [0.2, 0.25) is 5.02 Å². The van der Waals surface area contributed by atoms with Gasteiger partial charge in [-0.05, 0) is 44.5 Å². The highest BCUT2D eigenvalue weighted by molar-refractivity contribution is 7.71. The number of nitrogens with one attached hydrogen (secondary N) is 1. The zero-order valence-corrected chi connectivity index (χ0v) is 12.7. The number of imidazole rings is 1. The number of aromatic amines is 1. The van der Waals surface area contributed by atoms with Crippen molar-refractivity contribution < 1.29 is 4.74 Å². The lowest BCUT2D eigenvalue weighted by Gasteiger charge is -2.10. The molecule has 0 fully saturated rings. The zero-order chi connectivity index (χ0) is 13.8. The van der Waals surface area contributed by atoms with E-state index < -0.39 is 0 Å². The van der Waals surface area contributed by atoms with Crippen molar-refractivity contribution >= 4 is 34.9 Å². The molecule has 19 heavy (non-hydrogen) atoms. The lowest BCUT2D eigenvalue weighted by atomic mass is 10.3. The predicted octanol–water partition coefficient (Wildman–Crippen LogP) is 2.93. The van der Waals surface area contributed by atoms with Crippen LogP contribution in [0.15, 0.2) is 18.2 Å². The molecule has 4 nitrogen and oxygen atoms in total. The van der Waals surface area contributed by atoms with Gasteiger partial charge in [0.15, 0.2) is 4.77 Å². The summed E-state index contributed by atoms with van der Waals surface area (Å²) in [6, 6.07) is 5.72. The van der Waals surface area contributed by atoms with Gasteiger partial charge in [-0.15, -0.1) is 0 Å². The van der Waals surface area contributed by atoms with Crippen LogP contribution in [-0.2, 0) is 11.3 Å². The van der Waals surface area contributed by atoms with E-state index in [2.05, 4.69) is 9.88 Å². The molecule has 0 aliphatic carbocycles. The van der Waals surface area contributed by atoms with Gasteiger partial charge in [0.2, 0.25) is 0 Å². The fourth-order valence-electron chi connectivity index (χ4n) is 1.85. The summed E-state index contributed by atoms with van der Waals surface area (Å²) in [5.74, 6) is 0. The van der Waals surface area contributed by atoms with Crippen molar-refractivity contribution in [2.24, 2.45) is 0 Å². The monoisotopic (exact) mass is 299 g/mol. The summed E-state index contributed by atoms with van der Waals surface area (Å²) in [5, 5.41) is 0.712. The average Bonchev–Trinajstić information content (AvgIpc) is 2.65. The standard InChI is InChI=1S/C13H18ClN3OS/c1-16(2)5-7-18-8-6-17-12-9-10(14)3-4-11(12)15-13(17)19/h3-4,9H,5-8H2,1-2H3,(H,15,19). The van der Waals surface area contributed by atoms with Gasteiger partial charge < -0.3 is 19.2 Å². The molecule has 0 aliphatic heterocycles. The van der Waals surface area contributed by atoms with Crippen molar-refractivity contribution in [2.75, 3.05) is 33.9 Å². The molecule has 0 spiro atoms. The number of aromatic nitrogens is 2. The lowest BCUT2D eigenvalue weighted by molar-refractivity contribution is 0.111. The molecule has 1 heterocycles. The number of nitrogens with zero attached hydrogens (tertiary/aromatic N) is 2. The fraction of sp³-hybridized carbons (Fsp3) is 0.462. The Hall–Kier alpha value is -0.880. The second kappa shape index (κ2) is 6.52. The Morgan fingerprint density at radius 1 is 1.37 bits per heavy atom. The van der Waals surface area contributed by atoms with E-state index in [1.165, 1.54) is 0 Å². The van der Waals surface area contributed by atoms with Crippen molar-refractivity contribution in [3.8, 4) is 0 Å². The summed E-state index contributed by atoms with van der Waals surface area (Å²) in [4.78, 5) is 5.26. The lowest BCUT2D eigenvalue weighted by Crippen LogP contribution is -2.19. The minimum Gasteiger partial charge on any atom is -0.378 e. The summed E-state index contributed by atoms with van der Waals surface area (Å²) in [5.41, 5.74) is 2.02. The van der Waals surface area contributed by atoms with Gasteiger partial charge in [-0.2, -0.15) is 0 Å². The topological polar surface area (TPSA) is 33.2 Å². The first-order chi connectivity index (χ1) is 9.08. The van der Waals surface area contributed by atoms with Gasteiger partial charge in [-0.25, -0.2) is 0 Å². The number of rotatable bonds is 6. The maximum Gasteiger partial charge on any atom is 0.178 e. The third-order valence-corrected chi connectivity index (χ3v) is 3.44. The first-order valence-corrected chi connectivity index (χ1v) is 6.97. The Labute approximate surface area is 122 Å². The molecule has 6 heteroatoms. The molecule has 0 bridgehead atoms. The molecular weight excluding hydrogens is 282 g/mol. The highest BCUT2D eigenvalue weighted by atomic mass is 35.5. The van der Waals surface area contributed by atoms with Crippen molar-refractivity contribution in [2.45, 2.75) is 6.54 Å². The third kappa shape index (κ3) is 3.79. The smallest absolute Gasteiger partial charge is 0.178 e. The van der Waals surface area contributed by atoms with Gasteiger partial charge in [0.1, 0.15) is 0 Å². The molecule has 0 aliphatic rings. The first kappa shape index (κ1) is 14.5. The van der Waals surface area contributed by atoms with Gasteiger partial charge in [0.05, 0.1) is 24.2 Å². The number of halogens is 1. The Bertz CT molecular complexity index is 605. The number of fused-ring (bicyclic) bond motifs is 1. The fourth-order valence-corrected chi connectivity index (χ4v) is 2.32. The summed E-state index contributed by atoms with van der Waals surface area (Å²) in [6.45, 7) is 3.02. The van der Waals surface area contributed by atoms with E-state index in [0.717, 1.165) is 30.7 Å². The Kier molecular flexibility index (Phi) is 4.99. The van der Waals surface area contributed by atoms with Crippen molar-refractivity contribution in [3.63, 3.8) is 0 Å². The van der Waals surface area contributed by atoms with Crippen LogP contribution in [0.3, 0.4) is 0 Å². The zero-order valence-electron chi connectivity index (χ0n) is 11.1. The normalized spacial score (nSPS) is 11.6. The van der Waals surface area contributed by atoms with Crippen LogP contribution in [-0.4, -0.2) is 48.3 Å². The van der Waals surface area contributed by atoms with E-state index in [4.69, 9.17) is 28.6 Å². The van der Waals surface area contributed by atoms with Crippen LogP contribution in [0.4, 0.5) is 0 Å². The molecule has 2 rings (SSSR count). The van der Waals surface area contributed by atoms with Crippen molar-refractivity contribution in [1.82, 2.24) is 14.5 Å². The first-order valence-electron chi connectivity index (χ1n) is 6.18. The molecule has 1 aromatic carbocycles. The van der Waals surface area contributed by atoms with E-state index in [-0.39, 0.29) is 0 Å². The minimum atomic E-state index is 0.640. The second-order valence-electron chi connectivity index (χ2n) is 4.66. The van der Waals surface area contributed by atoms with Crippen LogP contribution in [0.5, 0.6) is 0 Å². The molecule has 0 unspecified atom stereocenters. The SMILES string of the molecule is CN(C)CCOCCn1c(=S)[nH]c2ccc(Cl)cc21. The molecule has 0 radical (unpaired) electrons. The molecular formula is C13H18ClN3OS. The average molecular weight is 300 g/mol. The van der Waals surface area contributed by atoms with E-state index in [9.17, 15) is 0 Å². The van der Waals surface area contributed by atoms with Crippen molar-refractivity contribution in [3.05, 3.63) is 28.0 Å². The van der Waals surface area contributed by atoms with Gasteiger partial charge in [-0.3, -0.25) is 0 Å². The number of H-pyrrole nitrogens is 1. The van der Waals surface area contributed by atoms with Gasteiger partial charge >= 0.3 is 0 Å². The number of hydrogen-bond acceptors (Lipinski definition) is 3. The molecule has 1 N–H and O–H groups in total. The number of ether oxygens (including phenoxy) is 1. The maximum atomic E-state index is 6.02. The van der Waals surface area contributed by atoms with Crippen LogP contribution >= 0.6 is 23.8 Å². The third-order valence-electron chi connectivity index (χ3n) is 2.88. The second-order valence-corrected chi connectivity index (χ2v) is 5.48. The predicted molar refractivity (Wildman–Crippen MR) is 81.5 cm³/mol. The van der Waals surface area contributed by atoms with Crippen LogP contribution < -0.4 is 0 Å². The summed E-state index contributed by atoms with van der Waals surface area (Å²) < 4.78 is 8.32. The highest BCUT2D eigenvalue weighted by Crippen LogP contribution is 2.19. The van der Waals surface area contributed by atoms with Crippen molar-refractivity contribution in [1.29, 1.82) is 0 Å². The molecule has 0 saturated heterocycles. The number of benzene rings is 1. The van der Waals surface area contributed by atoms with Gasteiger partial charge in [0.25, 0.3) is 0 Å². The molecule has 0 amide bonds. The molecule has 2 aromatic rings. The number of hydrogen-bond donors (Lipinski definition) is 1. The number of likely N-dealkylation sites (N-methyl/N-ethyl adjacent to an activating group) is 1. The molecule has 1 aromatic heterocycles. The largest absolute Gasteiger partial charge is 0.378 e. The van der Waals surface area contributed by atoms with Crippen LogP contribution in [0.25, 0.3) is 11.0 Å². The summed E-state index contributed by atoms with van der Waals surface area (Å²) in [7, 11) is 4.06.